The summed E-state index contributed by atoms with van der Waals surface area (Å²) >= 11 is 0. The van der Waals surface area contributed by atoms with Crippen molar-refractivity contribution in [1.82, 2.24) is 25.3 Å². The van der Waals surface area contributed by atoms with Crippen LogP contribution < -0.4 is 5.32 Å². The van der Waals surface area contributed by atoms with Gasteiger partial charge in [0.15, 0.2) is 5.82 Å². The minimum absolute atomic E-state index is 0.00818. The Bertz CT molecular complexity index is 580. The third-order valence-electron chi connectivity index (χ3n) is 4.26. The van der Waals surface area contributed by atoms with Gasteiger partial charge in [-0.3, -0.25) is 4.90 Å². The van der Waals surface area contributed by atoms with Gasteiger partial charge in [-0.15, -0.1) is 0 Å². The van der Waals surface area contributed by atoms with E-state index in [1.165, 1.54) is 5.57 Å². The molecule has 2 amide bonds. The fraction of sp³-hybridized carbons (Fsp3) is 0.688. The number of aromatic nitrogens is 2. The monoisotopic (exact) mass is 335 g/mol. The molecular weight excluding hydrogens is 310 g/mol. The van der Waals surface area contributed by atoms with Crippen molar-refractivity contribution >= 4 is 6.03 Å². The van der Waals surface area contributed by atoms with Crippen LogP contribution in [0.25, 0.3) is 0 Å². The van der Waals surface area contributed by atoms with Gasteiger partial charge in [0.2, 0.25) is 5.89 Å². The van der Waals surface area contributed by atoms with E-state index in [2.05, 4.69) is 26.4 Å². The lowest BCUT2D eigenvalue weighted by molar-refractivity contribution is 0.0532. The van der Waals surface area contributed by atoms with Crippen molar-refractivity contribution in [2.45, 2.75) is 26.3 Å². The van der Waals surface area contributed by atoms with Crippen molar-refractivity contribution in [2.24, 2.45) is 0 Å². The van der Waals surface area contributed by atoms with E-state index >= 15 is 0 Å². The third-order valence-corrected chi connectivity index (χ3v) is 4.26. The number of morpholine rings is 1. The SMILES string of the molecule is Cc1nc(CN2CCC=C(CCNC(=O)N3CCOCC3)C2)no1. The van der Waals surface area contributed by atoms with Crippen molar-refractivity contribution < 1.29 is 14.1 Å². The Kier molecular flexibility index (Phi) is 5.81. The molecule has 3 heterocycles. The quantitative estimate of drug-likeness (QED) is 0.807. The van der Waals surface area contributed by atoms with Crippen LogP contribution in [0.2, 0.25) is 0 Å². The lowest BCUT2D eigenvalue weighted by Crippen LogP contribution is -2.46. The van der Waals surface area contributed by atoms with Gasteiger partial charge in [0.1, 0.15) is 0 Å². The van der Waals surface area contributed by atoms with E-state index in [-0.39, 0.29) is 6.03 Å². The normalized spacial score (nSPS) is 19.2. The molecule has 0 aromatic carbocycles. The summed E-state index contributed by atoms with van der Waals surface area (Å²) in [5.41, 5.74) is 1.35. The maximum atomic E-state index is 12.1. The van der Waals surface area contributed by atoms with Crippen LogP contribution in [0.1, 0.15) is 24.6 Å². The van der Waals surface area contributed by atoms with Crippen molar-refractivity contribution in [3.8, 4) is 0 Å². The summed E-state index contributed by atoms with van der Waals surface area (Å²) in [4.78, 5) is 20.4. The van der Waals surface area contributed by atoms with Crippen LogP contribution in [0.5, 0.6) is 0 Å². The van der Waals surface area contributed by atoms with E-state index in [0.29, 0.717) is 45.3 Å². The minimum atomic E-state index is 0.00818. The fourth-order valence-corrected chi connectivity index (χ4v) is 3.01. The van der Waals surface area contributed by atoms with E-state index in [1.54, 1.807) is 6.92 Å². The first-order valence-corrected chi connectivity index (χ1v) is 8.50. The highest BCUT2D eigenvalue weighted by molar-refractivity contribution is 5.74. The zero-order valence-corrected chi connectivity index (χ0v) is 14.2. The molecular formula is C16H25N5O3. The van der Waals surface area contributed by atoms with Gasteiger partial charge in [-0.1, -0.05) is 16.8 Å². The molecule has 3 rings (SSSR count). The summed E-state index contributed by atoms with van der Waals surface area (Å²) in [6.45, 7) is 7.66. The second-order valence-electron chi connectivity index (χ2n) is 6.17. The fourth-order valence-electron chi connectivity index (χ4n) is 3.01. The molecule has 0 atom stereocenters. The van der Waals surface area contributed by atoms with Crippen molar-refractivity contribution in [1.29, 1.82) is 0 Å². The lowest BCUT2D eigenvalue weighted by atomic mass is 10.1. The maximum Gasteiger partial charge on any atom is 0.317 e. The number of hydrogen-bond acceptors (Lipinski definition) is 6. The van der Waals surface area contributed by atoms with Crippen molar-refractivity contribution in [3.63, 3.8) is 0 Å². The van der Waals surface area contributed by atoms with Crippen LogP contribution in [-0.4, -0.2) is 71.9 Å². The van der Waals surface area contributed by atoms with Crippen LogP contribution in [0.15, 0.2) is 16.2 Å². The Labute approximate surface area is 141 Å². The number of nitrogens with zero attached hydrogens (tertiary/aromatic N) is 4. The molecule has 8 nitrogen and oxygen atoms in total. The van der Waals surface area contributed by atoms with E-state index < -0.39 is 0 Å². The Balaban J connectivity index is 1.39. The lowest BCUT2D eigenvalue weighted by Gasteiger charge is -2.28. The van der Waals surface area contributed by atoms with E-state index in [0.717, 1.165) is 31.8 Å². The second kappa shape index (κ2) is 8.25. The molecule has 0 spiro atoms. The molecule has 1 aromatic rings. The molecule has 1 aromatic heterocycles. The van der Waals surface area contributed by atoms with E-state index in [4.69, 9.17) is 9.26 Å². The van der Waals surface area contributed by atoms with E-state index in [1.807, 2.05) is 4.90 Å². The molecule has 2 aliphatic heterocycles. The van der Waals surface area contributed by atoms with Crippen LogP contribution in [0.3, 0.4) is 0 Å². The second-order valence-corrected chi connectivity index (χ2v) is 6.17. The number of nitrogens with one attached hydrogen (secondary N) is 1. The summed E-state index contributed by atoms with van der Waals surface area (Å²) in [5, 5.41) is 6.95. The van der Waals surface area contributed by atoms with Gasteiger partial charge in [0, 0.05) is 39.6 Å². The highest BCUT2D eigenvalue weighted by Crippen LogP contribution is 2.14. The zero-order valence-electron chi connectivity index (χ0n) is 14.2. The van der Waals surface area contributed by atoms with Gasteiger partial charge in [-0.2, -0.15) is 4.98 Å². The Morgan fingerprint density at radius 3 is 2.92 bits per heavy atom. The standard InChI is InChI=1S/C16H25N5O3/c1-13-18-15(19-24-13)12-20-6-2-3-14(11-20)4-5-17-16(22)21-7-9-23-10-8-21/h3H,2,4-12H2,1H3,(H,17,22). The predicted octanol–water partition coefficient (Wildman–Crippen LogP) is 0.942. The molecule has 1 saturated heterocycles. The summed E-state index contributed by atoms with van der Waals surface area (Å²) in [6.07, 6.45) is 4.17. The molecule has 132 valence electrons. The first-order valence-electron chi connectivity index (χ1n) is 8.50. The summed E-state index contributed by atoms with van der Waals surface area (Å²) < 4.78 is 10.3. The molecule has 0 saturated carbocycles. The minimum Gasteiger partial charge on any atom is -0.378 e. The summed E-state index contributed by atoms with van der Waals surface area (Å²) in [6, 6.07) is 0.00818. The maximum absolute atomic E-state index is 12.1. The largest absolute Gasteiger partial charge is 0.378 e. The molecule has 1 fully saturated rings. The number of hydrogen-bond donors (Lipinski definition) is 1. The highest BCUT2D eigenvalue weighted by atomic mass is 16.5. The number of aryl methyl sites for hydroxylation is 1. The van der Waals surface area contributed by atoms with E-state index in [9.17, 15) is 4.79 Å². The van der Waals surface area contributed by atoms with Gasteiger partial charge in [-0.25, -0.2) is 4.79 Å². The first-order chi connectivity index (χ1) is 11.7. The molecule has 8 heteroatoms. The van der Waals surface area contributed by atoms with Gasteiger partial charge in [0.25, 0.3) is 0 Å². The Morgan fingerprint density at radius 2 is 2.17 bits per heavy atom. The molecule has 0 radical (unpaired) electrons. The highest BCUT2D eigenvalue weighted by Gasteiger charge is 2.18. The predicted molar refractivity (Wildman–Crippen MR) is 87.4 cm³/mol. The summed E-state index contributed by atoms with van der Waals surface area (Å²) in [5.74, 6) is 1.33. The smallest absolute Gasteiger partial charge is 0.317 e. The molecule has 0 aliphatic carbocycles. The average molecular weight is 335 g/mol. The molecule has 0 unspecified atom stereocenters. The van der Waals surface area contributed by atoms with Gasteiger partial charge >= 0.3 is 6.03 Å². The number of ether oxygens (including phenoxy) is 1. The average Bonchev–Trinajstić information content (AvgIpc) is 3.01. The third kappa shape index (κ3) is 4.78. The van der Waals surface area contributed by atoms with Crippen LogP contribution >= 0.6 is 0 Å². The van der Waals surface area contributed by atoms with Crippen LogP contribution in [0, 0.1) is 6.92 Å². The first kappa shape index (κ1) is 16.9. The van der Waals surface area contributed by atoms with Crippen LogP contribution in [-0.2, 0) is 11.3 Å². The molecule has 24 heavy (non-hydrogen) atoms. The van der Waals surface area contributed by atoms with Crippen molar-refractivity contribution in [3.05, 3.63) is 23.4 Å². The van der Waals surface area contributed by atoms with Crippen LogP contribution in [0.4, 0.5) is 4.79 Å². The van der Waals surface area contributed by atoms with Gasteiger partial charge in [-0.05, 0) is 12.8 Å². The summed E-state index contributed by atoms with van der Waals surface area (Å²) in [7, 11) is 0. The topological polar surface area (TPSA) is 83.7 Å². The number of rotatable bonds is 5. The number of carbonyl (C=O) groups excluding carboxylic acids is 1. The Morgan fingerprint density at radius 1 is 1.33 bits per heavy atom. The number of urea groups is 1. The van der Waals surface area contributed by atoms with Gasteiger partial charge in [0.05, 0.1) is 19.8 Å². The molecule has 0 bridgehead atoms. The van der Waals surface area contributed by atoms with Gasteiger partial charge < -0.3 is 19.5 Å². The molecule has 2 aliphatic rings. The molecule has 1 N–H and O–H groups in total. The Hall–Kier alpha value is -1.93. The zero-order chi connectivity index (χ0) is 16.8. The number of carbonyl (C=O) groups is 1. The number of amides is 2. The van der Waals surface area contributed by atoms with Crippen molar-refractivity contribution in [2.75, 3.05) is 45.9 Å².